The molecule has 0 radical (unpaired) electrons. The van der Waals surface area contributed by atoms with Gasteiger partial charge in [-0.25, -0.2) is 4.98 Å². The lowest BCUT2D eigenvalue weighted by Gasteiger charge is -2.05. The van der Waals surface area contributed by atoms with Crippen LogP contribution < -0.4 is 10.9 Å². The molecular formula is C13H13N3O2S2. The van der Waals surface area contributed by atoms with Crippen molar-refractivity contribution in [3.05, 3.63) is 27.9 Å². The van der Waals surface area contributed by atoms with E-state index in [4.69, 9.17) is 0 Å². The molecular weight excluding hydrogens is 294 g/mol. The first-order chi connectivity index (χ1) is 9.72. The largest absolute Gasteiger partial charge is 0.273 e. The number of nitrogens with one attached hydrogen (secondary N) is 2. The van der Waals surface area contributed by atoms with Crippen LogP contribution in [0.3, 0.4) is 0 Å². The molecule has 2 aromatic heterocycles. The normalized spacial score (nSPS) is 14.0. The van der Waals surface area contributed by atoms with Gasteiger partial charge in [0.1, 0.15) is 5.01 Å². The van der Waals surface area contributed by atoms with Crippen molar-refractivity contribution in [2.75, 3.05) is 0 Å². The number of amides is 2. The Kier molecular flexibility index (Phi) is 3.79. The second-order valence-corrected chi connectivity index (χ2v) is 6.28. The van der Waals surface area contributed by atoms with Crippen LogP contribution in [0.4, 0.5) is 0 Å². The van der Waals surface area contributed by atoms with Gasteiger partial charge in [0.15, 0.2) is 0 Å². The fourth-order valence-corrected chi connectivity index (χ4v) is 3.23. The molecule has 0 saturated heterocycles. The Labute approximate surface area is 124 Å². The Bertz CT molecular complexity index is 617. The number of nitrogens with zero attached hydrogens (tertiary/aromatic N) is 1. The number of hydrazine groups is 1. The minimum Gasteiger partial charge on any atom is -0.273 e. The van der Waals surface area contributed by atoms with Gasteiger partial charge in [-0.3, -0.25) is 20.4 Å². The molecule has 20 heavy (non-hydrogen) atoms. The predicted molar refractivity (Wildman–Crippen MR) is 78.1 cm³/mol. The van der Waals surface area contributed by atoms with Crippen molar-refractivity contribution in [2.24, 2.45) is 5.92 Å². The molecule has 2 N–H and O–H groups in total. The molecule has 0 aromatic carbocycles. The van der Waals surface area contributed by atoms with Crippen molar-refractivity contribution < 1.29 is 9.59 Å². The summed E-state index contributed by atoms with van der Waals surface area (Å²) < 4.78 is 0. The summed E-state index contributed by atoms with van der Waals surface area (Å²) in [5.74, 6) is -0.267. The Morgan fingerprint density at radius 1 is 1.30 bits per heavy atom. The van der Waals surface area contributed by atoms with Crippen molar-refractivity contribution in [3.8, 4) is 10.6 Å². The van der Waals surface area contributed by atoms with E-state index in [1.54, 1.807) is 11.3 Å². The van der Waals surface area contributed by atoms with Crippen LogP contribution >= 0.6 is 22.7 Å². The van der Waals surface area contributed by atoms with Crippen molar-refractivity contribution in [2.45, 2.75) is 19.3 Å². The molecule has 3 rings (SSSR count). The van der Waals surface area contributed by atoms with E-state index in [1.165, 1.54) is 11.3 Å². The van der Waals surface area contributed by atoms with Crippen LogP contribution in [0.2, 0.25) is 0 Å². The van der Waals surface area contributed by atoms with Crippen LogP contribution in [-0.4, -0.2) is 16.8 Å². The highest BCUT2D eigenvalue weighted by Gasteiger charge is 2.29. The van der Waals surface area contributed by atoms with E-state index in [-0.39, 0.29) is 24.2 Å². The van der Waals surface area contributed by atoms with Gasteiger partial charge in [0.05, 0.1) is 12.1 Å². The number of hydrogen-bond donors (Lipinski definition) is 2. The summed E-state index contributed by atoms with van der Waals surface area (Å²) in [4.78, 5) is 27.5. The maximum Gasteiger partial charge on any atom is 0.244 e. The third-order valence-electron chi connectivity index (χ3n) is 2.93. The van der Waals surface area contributed by atoms with Crippen LogP contribution in [0.15, 0.2) is 22.2 Å². The molecule has 1 aliphatic rings. The molecule has 0 unspecified atom stereocenters. The summed E-state index contributed by atoms with van der Waals surface area (Å²) in [6.45, 7) is 0. The van der Waals surface area contributed by atoms with E-state index in [2.05, 4.69) is 15.8 Å². The van der Waals surface area contributed by atoms with Crippen LogP contribution in [0, 0.1) is 5.92 Å². The van der Waals surface area contributed by atoms with Gasteiger partial charge in [0.2, 0.25) is 11.8 Å². The maximum atomic E-state index is 11.7. The highest BCUT2D eigenvalue weighted by Crippen LogP contribution is 2.28. The topological polar surface area (TPSA) is 71.1 Å². The molecule has 5 nitrogen and oxygen atoms in total. The maximum absolute atomic E-state index is 11.7. The summed E-state index contributed by atoms with van der Waals surface area (Å²) in [7, 11) is 0. The summed E-state index contributed by atoms with van der Waals surface area (Å²) in [5, 5.41) is 6.81. The quantitative estimate of drug-likeness (QED) is 0.848. The first-order valence-corrected chi connectivity index (χ1v) is 8.10. The number of rotatable bonds is 4. The zero-order chi connectivity index (χ0) is 13.9. The van der Waals surface area contributed by atoms with Gasteiger partial charge in [-0.1, -0.05) is 0 Å². The van der Waals surface area contributed by atoms with E-state index in [0.717, 1.165) is 29.1 Å². The highest BCUT2D eigenvalue weighted by molar-refractivity contribution is 7.14. The van der Waals surface area contributed by atoms with Crippen molar-refractivity contribution >= 4 is 34.5 Å². The third-order valence-corrected chi connectivity index (χ3v) is 4.56. The molecule has 1 aliphatic carbocycles. The van der Waals surface area contributed by atoms with E-state index < -0.39 is 0 Å². The Morgan fingerprint density at radius 2 is 2.15 bits per heavy atom. The molecule has 2 amide bonds. The lowest BCUT2D eigenvalue weighted by atomic mass is 10.3. The number of carbonyl (C=O) groups is 2. The van der Waals surface area contributed by atoms with Crippen LogP contribution in [0.5, 0.6) is 0 Å². The number of thiazole rings is 1. The van der Waals surface area contributed by atoms with E-state index in [0.29, 0.717) is 0 Å². The second-order valence-electron chi connectivity index (χ2n) is 4.64. The first kappa shape index (κ1) is 13.3. The standard InChI is InChI=1S/C13H13N3O2S2/c17-11(15-16-12(18)8-1-2-8)5-10-7-20-13(14-10)9-3-4-19-6-9/h3-4,6-8H,1-2,5H2,(H,15,17)(H,16,18). The monoisotopic (exact) mass is 307 g/mol. The minimum atomic E-state index is -0.249. The lowest BCUT2D eigenvalue weighted by molar-refractivity contribution is -0.129. The minimum absolute atomic E-state index is 0.0831. The Hall–Kier alpha value is -1.73. The smallest absolute Gasteiger partial charge is 0.244 e. The van der Waals surface area contributed by atoms with Crippen molar-refractivity contribution in [1.29, 1.82) is 0 Å². The molecule has 0 atom stereocenters. The molecule has 2 aromatic rings. The third kappa shape index (κ3) is 3.23. The lowest BCUT2D eigenvalue weighted by Crippen LogP contribution is -2.43. The average molecular weight is 307 g/mol. The van der Waals surface area contributed by atoms with Gasteiger partial charge < -0.3 is 0 Å². The molecule has 2 heterocycles. The molecule has 0 aliphatic heterocycles. The zero-order valence-corrected chi connectivity index (χ0v) is 12.2. The molecule has 0 bridgehead atoms. The number of carbonyl (C=O) groups excluding carboxylic acids is 2. The highest BCUT2D eigenvalue weighted by atomic mass is 32.1. The first-order valence-electron chi connectivity index (χ1n) is 6.28. The SMILES string of the molecule is O=C(Cc1csc(-c2ccsc2)n1)NNC(=O)C1CC1. The molecule has 1 fully saturated rings. The summed E-state index contributed by atoms with van der Waals surface area (Å²) in [6.07, 6.45) is 2.00. The van der Waals surface area contributed by atoms with Crippen LogP contribution in [0.1, 0.15) is 18.5 Å². The molecule has 7 heteroatoms. The van der Waals surface area contributed by atoms with Gasteiger partial charge >= 0.3 is 0 Å². The fourth-order valence-electron chi connectivity index (χ4n) is 1.69. The van der Waals surface area contributed by atoms with E-state index in [9.17, 15) is 9.59 Å². The fraction of sp³-hybridized carbons (Fsp3) is 0.308. The molecule has 104 valence electrons. The molecule has 0 spiro atoms. The predicted octanol–water partition coefficient (Wildman–Crippen LogP) is 1.97. The van der Waals surface area contributed by atoms with Crippen molar-refractivity contribution in [1.82, 2.24) is 15.8 Å². The number of aromatic nitrogens is 1. The Balaban J connectivity index is 1.52. The Morgan fingerprint density at radius 3 is 2.85 bits per heavy atom. The van der Waals surface area contributed by atoms with E-state index >= 15 is 0 Å². The van der Waals surface area contributed by atoms with Crippen molar-refractivity contribution in [3.63, 3.8) is 0 Å². The number of thiophene rings is 1. The second kappa shape index (κ2) is 5.72. The van der Waals surface area contributed by atoms with Gasteiger partial charge in [-0.15, -0.1) is 11.3 Å². The summed E-state index contributed by atoms with van der Waals surface area (Å²) in [5.41, 5.74) is 6.66. The summed E-state index contributed by atoms with van der Waals surface area (Å²) in [6, 6.07) is 2.00. The average Bonchev–Trinajstić information content (AvgIpc) is 2.96. The van der Waals surface area contributed by atoms with Gasteiger partial charge in [-0.2, -0.15) is 11.3 Å². The van der Waals surface area contributed by atoms with Crippen LogP contribution in [0.25, 0.3) is 10.6 Å². The van der Waals surface area contributed by atoms with Gasteiger partial charge in [0, 0.05) is 22.2 Å². The van der Waals surface area contributed by atoms with Gasteiger partial charge in [0.25, 0.3) is 0 Å². The zero-order valence-electron chi connectivity index (χ0n) is 10.6. The number of hydrogen-bond acceptors (Lipinski definition) is 5. The summed E-state index contributed by atoms with van der Waals surface area (Å²) >= 11 is 3.13. The van der Waals surface area contributed by atoms with Crippen LogP contribution in [-0.2, 0) is 16.0 Å². The van der Waals surface area contributed by atoms with E-state index in [1.807, 2.05) is 22.2 Å². The molecule has 1 saturated carbocycles. The van der Waals surface area contributed by atoms with Gasteiger partial charge in [-0.05, 0) is 24.3 Å².